The molecule has 0 aromatic carbocycles. The lowest BCUT2D eigenvalue weighted by Crippen LogP contribution is -2.12. The van der Waals surface area contributed by atoms with Crippen LogP contribution >= 0.6 is 0 Å². The highest BCUT2D eigenvalue weighted by Gasteiger charge is 2.16. The van der Waals surface area contributed by atoms with Gasteiger partial charge in [-0.2, -0.15) is 5.26 Å². The number of ether oxygens (including phenoxy) is 1. The Morgan fingerprint density at radius 2 is 2.08 bits per heavy atom. The molecular formula is C19H22N4O. The maximum atomic E-state index is 9.30. The maximum Gasteiger partial charge on any atom is 0.213 e. The van der Waals surface area contributed by atoms with E-state index in [0.29, 0.717) is 24.1 Å². The lowest BCUT2D eigenvalue weighted by Gasteiger charge is -2.13. The molecule has 24 heavy (non-hydrogen) atoms. The van der Waals surface area contributed by atoms with Crippen LogP contribution in [-0.4, -0.2) is 16.1 Å². The number of nitriles is 1. The van der Waals surface area contributed by atoms with Crippen molar-refractivity contribution in [3.05, 3.63) is 46.9 Å². The first-order chi connectivity index (χ1) is 11.7. The van der Waals surface area contributed by atoms with Crippen LogP contribution in [0, 0.1) is 25.2 Å². The zero-order chi connectivity index (χ0) is 16.9. The predicted octanol–water partition coefficient (Wildman–Crippen LogP) is 3.90. The summed E-state index contributed by atoms with van der Waals surface area (Å²) < 4.78 is 5.88. The zero-order valence-corrected chi connectivity index (χ0v) is 14.2. The molecule has 1 fully saturated rings. The number of aromatic nitrogens is 2. The van der Waals surface area contributed by atoms with E-state index in [1.807, 2.05) is 38.2 Å². The molecule has 2 aromatic heterocycles. The molecule has 0 aliphatic heterocycles. The predicted molar refractivity (Wildman–Crippen MR) is 92.9 cm³/mol. The molecular weight excluding hydrogens is 300 g/mol. The van der Waals surface area contributed by atoms with Gasteiger partial charge in [-0.1, -0.05) is 6.07 Å². The summed E-state index contributed by atoms with van der Waals surface area (Å²) in [6.07, 6.45) is 6.90. The highest BCUT2D eigenvalue weighted by molar-refractivity contribution is 5.59. The lowest BCUT2D eigenvalue weighted by molar-refractivity contribution is 0.201. The van der Waals surface area contributed by atoms with Crippen LogP contribution in [0.2, 0.25) is 0 Å². The van der Waals surface area contributed by atoms with E-state index in [2.05, 4.69) is 21.4 Å². The fraction of sp³-hybridized carbons (Fsp3) is 0.421. The number of anilines is 1. The Morgan fingerprint density at radius 3 is 2.75 bits per heavy atom. The van der Waals surface area contributed by atoms with Crippen molar-refractivity contribution in [2.45, 2.75) is 52.2 Å². The van der Waals surface area contributed by atoms with Crippen LogP contribution in [0.15, 0.2) is 24.4 Å². The Labute approximate surface area is 142 Å². The minimum absolute atomic E-state index is 0.322. The molecule has 5 nitrogen and oxygen atoms in total. The average Bonchev–Trinajstić information content (AvgIpc) is 3.07. The van der Waals surface area contributed by atoms with Crippen molar-refractivity contribution >= 4 is 5.69 Å². The summed E-state index contributed by atoms with van der Waals surface area (Å²) >= 11 is 0. The van der Waals surface area contributed by atoms with Crippen molar-refractivity contribution in [3.63, 3.8) is 0 Å². The van der Waals surface area contributed by atoms with Gasteiger partial charge in [-0.15, -0.1) is 0 Å². The zero-order valence-electron chi connectivity index (χ0n) is 14.2. The van der Waals surface area contributed by atoms with Crippen molar-refractivity contribution in [3.8, 4) is 11.9 Å². The van der Waals surface area contributed by atoms with E-state index < -0.39 is 0 Å². The summed E-state index contributed by atoms with van der Waals surface area (Å²) in [6, 6.07) is 8.05. The van der Waals surface area contributed by atoms with Crippen LogP contribution < -0.4 is 10.1 Å². The Morgan fingerprint density at radius 1 is 1.29 bits per heavy atom. The van der Waals surface area contributed by atoms with Gasteiger partial charge < -0.3 is 10.1 Å². The van der Waals surface area contributed by atoms with E-state index in [-0.39, 0.29) is 0 Å². The Hall–Kier alpha value is -2.61. The van der Waals surface area contributed by atoms with Crippen molar-refractivity contribution < 1.29 is 4.74 Å². The molecule has 1 aliphatic rings. The highest BCUT2D eigenvalue weighted by atomic mass is 16.5. The molecule has 1 N–H and O–H groups in total. The molecule has 0 saturated heterocycles. The highest BCUT2D eigenvalue weighted by Crippen LogP contribution is 2.23. The first kappa shape index (κ1) is 16.3. The molecule has 0 unspecified atom stereocenters. The van der Waals surface area contributed by atoms with Gasteiger partial charge in [-0.25, -0.2) is 4.98 Å². The molecule has 5 heteroatoms. The molecule has 1 aliphatic carbocycles. The van der Waals surface area contributed by atoms with Gasteiger partial charge in [-0.05, 0) is 51.2 Å². The minimum Gasteiger partial charge on any atom is -0.474 e. The molecule has 2 heterocycles. The molecule has 0 bridgehead atoms. The normalized spacial score (nSPS) is 14.4. The lowest BCUT2D eigenvalue weighted by atomic mass is 10.1. The first-order valence-electron chi connectivity index (χ1n) is 8.39. The minimum atomic E-state index is 0.322. The van der Waals surface area contributed by atoms with E-state index >= 15 is 0 Å². The third-order valence-corrected chi connectivity index (χ3v) is 4.31. The molecule has 2 aromatic rings. The number of rotatable bonds is 5. The van der Waals surface area contributed by atoms with Crippen LogP contribution in [0.3, 0.4) is 0 Å². The average molecular weight is 322 g/mol. The summed E-state index contributed by atoms with van der Waals surface area (Å²) in [5.74, 6) is 0.693. The molecule has 0 amide bonds. The van der Waals surface area contributed by atoms with Gasteiger partial charge in [-0.3, -0.25) is 4.98 Å². The molecule has 3 rings (SSSR count). The Balaban J connectivity index is 1.64. The number of pyridine rings is 2. The van der Waals surface area contributed by atoms with Crippen LogP contribution in [0.4, 0.5) is 5.69 Å². The van der Waals surface area contributed by atoms with Gasteiger partial charge in [0.2, 0.25) is 5.88 Å². The topological polar surface area (TPSA) is 70.8 Å². The summed E-state index contributed by atoms with van der Waals surface area (Å²) in [4.78, 5) is 8.72. The third-order valence-electron chi connectivity index (χ3n) is 4.31. The number of hydrogen-bond acceptors (Lipinski definition) is 5. The van der Waals surface area contributed by atoms with E-state index in [1.54, 1.807) is 0 Å². The molecule has 1 saturated carbocycles. The van der Waals surface area contributed by atoms with E-state index in [1.165, 1.54) is 12.8 Å². The van der Waals surface area contributed by atoms with Crippen LogP contribution in [0.25, 0.3) is 0 Å². The Kier molecular flexibility index (Phi) is 4.95. The van der Waals surface area contributed by atoms with Crippen molar-refractivity contribution in [2.24, 2.45) is 0 Å². The van der Waals surface area contributed by atoms with Gasteiger partial charge >= 0.3 is 0 Å². The number of nitrogens with one attached hydrogen (secondary N) is 1. The van der Waals surface area contributed by atoms with Gasteiger partial charge in [0, 0.05) is 24.5 Å². The second kappa shape index (κ2) is 7.31. The first-order valence-corrected chi connectivity index (χ1v) is 8.39. The van der Waals surface area contributed by atoms with Crippen LogP contribution in [0.1, 0.15) is 48.2 Å². The van der Waals surface area contributed by atoms with Crippen LogP contribution in [0.5, 0.6) is 5.88 Å². The SMILES string of the molecule is Cc1cc(NCc2ccc(OC3CCCC3)nc2)c(C#N)c(C)n1. The van der Waals surface area contributed by atoms with Gasteiger partial charge in [0.25, 0.3) is 0 Å². The summed E-state index contributed by atoms with van der Waals surface area (Å²) in [5.41, 5.74) is 4.10. The van der Waals surface area contributed by atoms with Gasteiger partial charge in [0.15, 0.2) is 0 Å². The van der Waals surface area contributed by atoms with Crippen molar-refractivity contribution in [2.75, 3.05) is 5.32 Å². The summed E-state index contributed by atoms with van der Waals surface area (Å²) in [6.45, 7) is 4.39. The van der Waals surface area contributed by atoms with Crippen LogP contribution in [-0.2, 0) is 6.54 Å². The monoisotopic (exact) mass is 322 g/mol. The largest absolute Gasteiger partial charge is 0.474 e. The quantitative estimate of drug-likeness (QED) is 0.904. The third kappa shape index (κ3) is 3.83. The van der Waals surface area contributed by atoms with Gasteiger partial charge in [0.05, 0.1) is 16.9 Å². The summed E-state index contributed by atoms with van der Waals surface area (Å²) in [5, 5.41) is 12.6. The molecule has 0 spiro atoms. The fourth-order valence-electron chi connectivity index (χ4n) is 3.07. The van der Waals surface area contributed by atoms with E-state index in [4.69, 9.17) is 4.74 Å². The maximum absolute atomic E-state index is 9.30. The molecule has 124 valence electrons. The smallest absolute Gasteiger partial charge is 0.213 e. The second-order valence-electron chi connectivity index (χ2n) is 6.27. The van der Waals surface area contributed by atoms with Gasteiger partial charge in [0.1, 0.15) is 12.2 Å². The standard InChI is InChI=1S/C19H22N4O/c1-13-9-18(17(10-20)14(2)23-13)21-11-15-7-8-19(22-12-15)24-16-5-3-4-6-16/h7-9,12,16H,3-6,11H2,1-2H3,(H,21,23). The summed E-state index contributed by atoms with van der Waals surface area (Å²) in [7, 11) is 0. The fourth-order valence-corrected chi connectivity index (χ4v) is 3.07. The number of hydrogen-bond donors (Lipinski definition) is 1. The Bertz CT molecular complexity index is 743. The van der Waals surface area contributed by atoms with Crippen molar-refractivity contribution in [1.82, 2.24) is 9.97 Å². The second-order valence-corrected chi connectivity index (χ2v) is 6.27. The van der Waals surface area contributed by atoms with Crippen molar-refractivity contribution in [1.29, 1.82) is 5.26 Å². The molecule has 0 radical (unpaired) electrons. The van der Waals surface area contributed by atoms with E-state index in [0.717, 1.165) is 35.5 Å². The van der Waals surface area contributed by atoms with E-state index in [9.17, 15) is 5.26 Å². The molecule has 0 atom stereocenters. The number of aryl methyl sites for hydroxylation is 2. The number of nitrogens with zero attached hydrogens (tertiary/aromatic N) is 3.